The number of pyridine rings is 2. The molecule has 0 spiro atoms. The number of rotatable bonds is 3. The van der Waals surface area contributed by atoms with Crippen molar-refractivity contribution < 1.29 is 31.1 Å². The maximum atomic E-state index is 13.3. The van der Waals surface area contributed by atoms with E-state index in [-0.39, 0.29) is 17.8 Å². The van der Waals surface area contributed by atoms with Gasteiger partial charge in [-0.2, -0.15) is 13.2 Å². The molecule has 11 heteroatoms. The van der Waals surface area contributed by atoms with Gasteiger partial charge in [0.25, 0.3) is 0 Å². The fourth-order valence-corrected chi connectivity index (χ4v) is 3.69. The van der Waals surface area contributed by atoms with Gasteiger partial charge in [0.05, 0.1) is 0 Å². The van der Waals surface area contributed by atoms with Crippen LogP contribution in [0.2, 0.25) is 0 Å². The van der Waals surface area contributed by atoms with E-state index in [0.29, 0.717) is 16.7 Å². The molecular formula is C20H14F6N4O. The molecule has 3 heterocycles. The van der Waals surface area contributed by atoms with Gasteiger partial charge in [0.2, 0.25) is 5.82 Å². The minimum absolute atomic E-state index is 0.00722. The van der Waals surface area contributed by atoms with Crippen LogP contribution in [0.15, 0.2) is 60.8 Å². The summed E-state index contributed by atoms with van der Waals surface area (Å²) in [7, 11) is 0. The summed E-state index contributed by atoms with van der Waals surface area (Å²) in [6.07, 6.45) is -2.93. The number of hydrogen-bond donors (Lipinski definition) is 0. The maximum absolute atomic E-state index is 13.3. The molecule has 0 bridgehead atoms. The minimum Gasteiger partial charge on any atom is -0.410 e. The largest absolute Gasteiger partial charge is 0.572 e. The van der Waals surface area contributed by atoms with Crippen LogP contribution in [0.5, 0.6) is 0 Å². The zero-order chi connectivity index (χ0) is 22.4. The molecule has 1 aliphatic carbocycles. The number of nitrogens with zero attached hydrogens (tertiary/aromatic N) is 4. The summed E-state index contributed by atoms with van der Waals surface area (Å²) in [5, 5.41) is 6.73. The monoisotopic (exact) mass is 440 g/mol. The van der Waals surface area contributed by atoms with Crippen molar-refractivity contribution in [3.8, 4) is 0 Å². The third kappa shape index (κ3) is 3.99. The Labute approximate surface area is 171 Å². The van der Waals surface area contributed by atoms with Gasteiger partial charge in [-0.25, -0.2) is 0 Å². The van der Waals surface area contributed by atoms with E-state index in [1.54, 1.807) is 25.1 Å². The van der Waals surface area contributed by atoms with E-state index < -0.39 is 23.8 Å². The van der Waals surface area contributed by atoms with Crippen molar-refractivity contribution >= 4 is 11.2 Å². The van der Waals surface area contributed by atoms with Crippen LogP contribution in [0.1, 0.15) is 30.3 Å². The number of fused-ring (bicyclic) bond motifs is 1. The highest BCUT2D eigenvalue weighted by Crippen LogP contribution is 2.46. The van der Waals surface area contributed by atoms with Crippen LogP contribution in [0.3, 0.4) is 0 Å². The summed E-state index contributed by atoms with van der Waals surface area (Å²) in [6.45, 7) is 1.68. The SMILES string of the molecule is CC1(c2cccnc2)CC(OC(F)(F)F)=CC=C1c1ccc2nnc(C(F)(F)F)n2c1. The molecule has 162 valence electrons. The van der Waals surface area contributed by atoms with Gasteiger partial charge in [-0.15, -0.1) is 23.4 Å². The Bertz CT molecular complexity index is 1180. The van der Waals surface area contributed by atoms with Gasteiger partial charge in [-0.1, -0.05) is 19.1 Å². The highest BCUT2D eigenvalue weighted by Gasteiger charge is 2.41. The second-order valence-corrected chi connectivity index (χ2v) is 7.18. The lowest BCUT2D eigenvalue weighted by atomic mass is 9.69. The second-order valence-electron chi connectivity index (χ2n) is 7.18. The fraction of sp³-hybridized carbons (Fsp3) is 0.250. The fourth-order valence-electron chi connectivity index (χ4n) is 3.69. The van der Waals surface area contributed by atoms with Crippen LogP contribution in [0, 0.1) is 0 Å². The van der Waals surface area contributed by atoms with Crippen molar-refractivity contribution in [3.05, 3.63) is 77.7 Å². The Morgan fingerprint density at radius 1 is 1.03 bits per heavy atom. The molecule has 3 aromatic heterocycles. The first kappa shape index (κ1) is 20.9. The number of alkyl halides is 6. The van der Waals surface area contributed by atoms with Gasteiger partial charge < -0.3 is 4.74 Å². The topological polar surface area (TPSA) is 52.3 Å². The number of hydrogen-bond acceptors (Lipinski definition) is 4. The van der Waals surface area contributed by atoms with Crippen LogP contribution in [-0.4, -0.2) is 25.9 Å². The number of aromatic nitrogens is 4. The van der Waals surface area contributed by atoms with Gasteiger partial charge >= 0.3 is 12.5 Å². The van der Waals surface area contributed by atoms with E-state index in [4.69, 9.17) is 0 Å². The first-order valence-electron chi connectivity index (χ1n) is 8.97. The quantitative estimate of drug-likeness (QED) is 0.518. The molecule has 3 aromatic rings. The van der Waals surface area contributed by atoms with E-state index in [9.17, 15) is 26.3 Å². The molecule has 0 radical (unpaired) electrons. The summed E-state index contributed by atoms with van der Waals surface area (Å²) in [5.74, 6) is -1.51. The lowest BCUT2D eigenvalue weighted by Crippen LogP contribution is -2.29. The molecule has 1 atom stereocenters. The van der Waals surface area contributed by atoms with Gasteiger partial charge in [-0.3, -0.25) is 9.38 Å². The average Bonchev–Trinajstić information content (AvgIpc) is 3.11. The van der Waals surface area contributed by atoms with E-state index >= 15 is 0 Å². The van der Waals surface area contributed by atoms with Crippen molar-refractivity contribution in [2.75, 3.05) is 0 Å². The van der Waals surface area contributed by atoms with Crippen LogP contribution < -0.4 is 0 Å². The van der Waals surface area contributed by atoms with Gasteiger partial charge in [0.1, 0.15) is 5.76 Å². The maximum Gasteiger partial charge on any atom is 0.572 e. The van der Waals surface area contributed by atoms with Crippen LogP contribution in [0.4, 0.5) is 26.3 Å². The molecule has 1 unspecified atom stereocenters. The summed E-state index contributed by atoms with van der Waals surface area (Å²) < 4.78 is 83.1. The molecule has 0 fully saturated rings. The number of halogens is 6. The first-order valence-corrected chi connectivity index (χ1v) is 8.97. The molecule has 4 rings (SSSR count). The Balaban J connectivity index is 1.87. The van der Waals surface area contributed by atoms with E-state index in [1.807, 2.05) is 0 Å². The smallest absolute Gasteiger partial charge is 0.410 e. The Morgan fingerprint density at radius 3 is 2.45 bits per heavy atom. The summed E-state index contributed by atoms with van der Waals surface area (Å²) in [5.41, 5.74) is 0.388. The third-order valence-corrected chi connectivity index (χ3v) is 5.07. The average molecular weight is 440 g/mol. The molecule has 1 aliphatic rings. The summed E-state index contributed by atoms with van der Waals surface area (Å²) >= 11 is 0. The second kappa shape index (κ2) is 7.10. The van der Waals surface area contributed by atoms with E-state index in [1.165, 1.54) is 36.8 Å². The molecule has 0 aromatic carbocycles. The van der Waals surface area contributed by atoms with Gasteiger partial charge in [-0.05, 0) is 41.0 Å². The predicted molar refractivity (Wildman–Crippen MR) is 97.4 cm³/mol. The standard InChI is InChI=1S/C20H14F6N4O/c1-18(13-3-2-8-27-10-13)9-14(31-20(24,25)26)5-6-15(18)12-4-7-16-28-29-17(19(21,22)23)30(16)11-12/h2-8,10-11H,9H2,1H3. The van der Waals surface area contributed by atoms with Gasteiger partial charge in [0, 0.05) is 30.4 Å². The van der Waals surface area contributed by atoms with E-state index in [0.717, 1.165) is 4.40 Å². The predicted octanol–water partition coefficient (Wildman–Crippen LogP) is 5.31. The zero-order valence-electron chi connectivity index (χ0n) is 15.9. The van der Waals surface area contributed by atoms with Gasteiger partial charge in [0.15, 0.2) is 5.65 Å². The van der Waals surface area contributed by atoms with Crippen molar-refractivity contribution in [3.63, 3.8) is 0 Å². The van der Waals surface area contributed by atoms with Crippen molar-refractivity contribution in [1.82, 2.24) is 19.6 Å². The molecule has 0 amide bonds. The van der Waals surface area contributed by atoms with Crippen LogP contribution in [-0.2, 0) is 16.3 Å². The van der Waals surface area contributed by atoms with Crippen molar-refractivity contribution in [2.45, 2.75) is 31.3 Å². The molecular weight excluding hydrogens is 426 g/mol. The minimum atomic E-state index is -4.87. The molecule has 0 saturated heterocycles. The number of ether oxygens (including phenoxy) is 1. The van der Waals surface area contributed by atoms with Crippen LogP contribution in [0.25, 0.3) is 11.2 Å². The van der Waals surface area contributed by atoms with Crippen molar-refractivity contribution in [1.29, 1.82) is 0 Å². The highest BCUT2D eigenvalue weighted by atomic mass is 19.4. The van der Waals surface area contributed by atoms with E-state index in [2.05, 4.69) is 19.9 Å². The molecule has 31 heavy (non-hydrogen) atoms. The third-order valence-electron chi connectivity index (χ3n) is 5.07. The Morgan fingerprint density at radius 2 is 1.81 bits per heavy atom. The highest BCUT2D eigenvalue weighted by molar-refractivity contribution is 5.78. The zero-order valence-corrected chi connectivity index (χ0v) is 15.9. The number of allylic oxidation sites excluding steroid dienone is 4. The lowest BCUT2D eigenvalue weighted by molar-refractivity contribution is -0.306. The first-order chi connectivity index (χ1) is 14.5. The van der Waals surface area contributed by atoms with Crippen molar-refractivity contribution in [2.24, 2.45) is 0 Å². The normalized spacial score (nSPS) is 19.8. The van der Waals surface area contributed by atoms with Crippen LogP contribution >= 0.6 is 0 Å². The Hall–Kier alpha value is -3.37. The molecule has 5 nitrogen and oxygen atoms in total. The molecule has 0 aliphatic heterocycles. The Kier molecular flexibility index (Phi) is 4.78. The lowest BCUT2D eigenvalue weighted by Gasteiger charge is -2.36. The summed E-state index contributed by atoms with van der Waals surface area (Å²) in [6, 6.07) is 6.24. The molecule has 0 saturated carbocycles. The molecule has 0 N–H and O–H groups in total. The summed E-state index contributed by atoms with van der Waals surface area (Å²) in [4.78, 5) is 4.04.